The molecule has 6 heteroatoms. The summed E-state index contributed by atoms with van der Waals surface area (Å²) in [4.78, 5) is 4.41. The van der Waals surface area contributed by atoms with Gasteiger partial charge in [0.2, 0.25) is 0 Å². The van der Waals surface area contributed by atoms with E-state index in [4.69, 9.17) is 16.3 Å². The maximum Gasteiger partial charge on any atom is 0.167 e. The van der Waals surface area contributed by atoms with E-state index in [0.29, 0.717) is 11.3 Å². The van der Waals surface area contributed by atoms with Crippen LogP contribution in [0.1, 0.15) is 5.82 Å². The molecule has 0 spiro atoms. The van der Waals surface area contributed by atoms with E-state index in [1.807, 2.05) is 28.8 Å². The fourth-order valence-electron chi connectivity index (χ4n) is 2.28. The Balaban J connectivity index is 2.34. The van der Waals surface area contributed by atoms with E-state index in [0.717, 1.165) is 14.8 Å². The molecule has 0 saturated carbocycles. The molecule has 21 heavy (non-hydrogen) atoms. The zero-order valence-corrected chi connectivity index (χ0v) is 14.0. The van der Waals surface area contributed by atoms with Gasteiger partial charge in [-0.15, -0.1) is 11.6 Å². The number of hydrogen-bond donors (Lipinski definition) is 0. The summed E-state index contributed by atoms with van der Waals surface area (Å²) in [7, 11) is 1.44. The van der Waals surface area contributed by atoms with Crippen LogP contribution in [0.15, 0.2) is 36.4 Å². The summed E-state index contributed by atoms with van der Waals surface area (Å²) < 4.78 is 21.9. The van der Waals surface area contributed by atoms with E-state index < -0.39 is 5.82 Å². The van der Waals surface area contributed by atoms with Crippen molar-refractivity contribution in [2.75, 3.05) is 7.11 Å². The molecule has 3 nitrogen and oxygen atoms in total. The van der Waals surface area contributed by atoms with Crippen LogP contribution in [0.4, 0.5) is 4.39 Å². The lowest BCUT2D eigenvalue weighted by atomic mass is 10.2. The molecule has 1 heterocycles. The van der Waals surface area contributed by atoms with Crippen LogP contribution in [0.3, 0.4) is 0 Å². The number of imidazole rings is 1. The Bertz CT molecular complexity index is 819. The van der Waals surface area contributed by atoms with Gasteiger partial charge in [0.25, 0.3) is 0 Å². The molecule has 0 bridgehead atoms. The van der Waals surface area contributed by atoms with Crippen molar-refractivity contribution in [1.29, 1.82) is 0 Å². The standard InChI is InChI=1S/C15H11ClFIN2O/c1-21-14-7-13-12(6-11(14)17)19-15(8-16)20(13)10-4-2-3-9(18)5-10/h2-7H,8H2,1H3. The second kappa shape index (κ2) is 5.81. The first-order chi connectivity index (χ1) is 10.1. The first-order valence-electron chi connectivity index (χ1n) is 6.21. The van der Waals surface area contributed by atoms with E-state index in [9.17, 15) is 4.39 Å². The molecular formula is C15H11ClFIN2O. The smallest absolute Gasteiger partial charge is 0.167 e. The maximum absolute atomic E-state index is 13.8. The zero-order chi connectivity index (χ0) is 15.0. The van der Waals surface area contributed by atoms with Gasteiger partial charge in [-0.1, -0.05) is 6.07 Å². The third kappa shape index (κ3) is 2.60. The molecule has 0 atom stereocenters. The molecule has 0 saturated heterocycles. The van der Waals surface area contributed by atoms with Gasteiger partial charge in [0.1, 0.15) is 5.82 Å². The lowest BCUT2D eigenvalue weighted by Gasteiger charge is -2.09. The third-order valence-corrected chi connectivity index (χ3v) is 4.09. The molecule has 2 aromatic carbocycles. The van der Waals surface area contributed by atoms with E-state index in [2.05, 4.69) is 27.6 Å². The molecule has 1 aromatic heterocycles. The first-order valence-corrected chi connectivity index (χ1v) is 7.82. The second-order valence-electron chi connectivity index (χ2n) is 4.45. The van der Waals surface area contributed by atoms with Gasteiger partial charge in [0, 0.05) is 21.4 Å². The van der Waals surface area contributed by atoms with Crippen LogP contribution in [0.2, 0.25) is 0 Å². The van der Waals surface area contributed by atoms with E-state index in [1.165, 1.54) is 13.2 Å². The predicted molar refractivity (Wildman–Crippen MR) is 89.9 cm³/mol. The molecule has 0 N–H and O–H groups in total. The highest BCUT2D eigenvalue weighted by Crippen LogP contribution is 2.29. The van der Waals surface area contributed by atoms with Crippen LogP contribution in [0, 0.1) is 9.39 Å². The van der Waals surface area contributed by atoms with Crippen LogP contribution >= 0.6 is 34.2 Å². The Hall–Kier alpha value is -1.34. The Kier molecular flexibility index (Phi) is 4.03. The molecule has 0 radical (unpaired) electrons. The van der Waals surface area contributed by atoms with Crippen LogP contribution in [0.25, 0.3) is 16.7 Å². The Morgan fingerprint density at radius 3 is 2.81 bits per heavy atom. The SMILES string of the molecule is COc1cc2c(cc1F)nc(CCl)n2-c1cccc(I)c1. The quantitative estimate of drug-likeness (QED) is 0.464. The normalized spacial score (nSPS) is 11.0. The molecule has 0 aliphatic carbocycles. The molecule has 0 fully saturated rings. The molecule has 0 amide bonds. The zero-order valence-electron chi connectivity index (χ0n) is 11.1. The number of rotatable bonds is 3. The number of halogens is 3. The van der Waals surface area contributed by atoms with Crippen molar-refractivity contribution in [1.82, 2.24) is 9.55 Å². The van der Waals surface area contributed by atoms with Crippen LogP contribution in [-0.4, -0.2) is 16.7 Å². The first kappa shape index (κ1) is 14.6. The summed E-state index contributed by atoms with van der Waals surface area (Å²) in [5, 5.41) is 0. The largest absolute Gasteiger partial charge is 0.494 e. The number of hydrogen-bond acceptors (Lipinski definition) is 2. The summed E-state index contributed by atoms with van der Waals surface area (Å²) in [5.41, 5.74) is 2.27. The van der Waals surface area contributed by atoms with Gasteiger partial charge in [0.15, 0.2) is 11.6 Å². The molecule has 108 valence electrons. The van der Waals surface area contributed by atoms with Gasteiger partial charge >= 0.3 is 0 Å². The van der Waals surface area contributed by atoms with Crippen molar-refractivity contribution in [3.63, 3.8) is 0 Å². The molecule has 0 aliphatic heterocycles. The minimum Gasteiger partial charge on any atom is -0.494 e. The lowest BCUT2D eigenvalue weighted by Crippen LogP contribution is -1.99. The van der Waals surface area contributed by atoms with Gasteiger partial charge < -0.3 is 4.74 Å². The van der Waals surface area contributed by atoms with Crippen LogP contribution in [0.5, 0.6) is 5.75 Å². The van der Waals surface area contributed by atoms with E-state index in [-0.39, 0.29) is 11.6 Å². The van der Waals surface area contributed by atoms with Crippen molar-refractivity contribution in [2.24, 2.45) is 0 Å². The highest BCUT2D eigenvalue weighted by molar-refractivity contribution is 14.1. The van der Waals surface area contributed by atoms with Gasteiger partial charge in [-0.3, -0.25) is 4.57 Å². The van der Waals surface area contributed by atoms with Gasteiger partial charge in [-0.05, 0) is 40.8 Å². The highest BCUT2D eigenvalue weighted by atomic mass is 127. The molecule has 0 unspecified atom stereocenters. The number of alkyl halides is 1. The highest BCUT2D eigenvalue weighted by Gasteiger charge is 2.15. The number of nitrogens with zero attached hydrogens (tertiary/aromatic N) is 2. The van der Waals surface area contributed by atoms with E-state index in [1.54, 1.807) is 6.07 Å². The minimum absolute atomic E-state index is 0.190. The van der Waals surface area contributed by atoms with Crippen molar-refractivity contribution in [3.8, 4) is 11.4 Å². The fourth-order valence-corrected chi connectivity index (χ4v) is 2.98. The van der Waals surface area contributed by atoms with Crippen molar-refractivity contribution in [2.45, 2.75) is 5.88 Å². The summed E-state index contributed by atoms with van der Waals surface area (Å²) in [5.74, 6) is 0.666. The van der Waals surface area contributed by atoms with Gasteiger partial charge in [-0.25, -0.2) is 9.37 Å². The summed E-state index contributed by atoms with van der Waals surface area (Å²) >= 11 is 8.24. The fraction of sp³-hybridized carbons (Fsp3) is 0.133. The summed E-state index contributed by atoms with van der Waals surface area (Å²) in [6, 6.07) is 11.0. The molecule has 0 aliphatic rings. The van der Waals surface area contributed by atoms with Gasteiger partial charge in [0.05, 0.1) is 24.0 Å². The maximum atomic E-state index is 13.8. The topological polar surface area (TPSA) is 27.1 Å². The van der Waals surface area contributed by atoms with Gasteiger partial charge in [-0.2, -0.15) is 0 Å². The van der Waals surface area contributed by atoms with Crippen molar-refractivity contribution in [3.05, 3.63) is 51.6 Å². The van der Waals surface area contributed by atoms with Crippen molar-refractivity contribution < 1.29 is 9.13 Å². The Labute approximate surface area is 139 Å². The minimum atomic E-state index is -0.432. The number of aromatic nitrogens is 2. The Morgan fingerprint density at radius 1 is 1.33 bits per heavy atom. The monoisotopic (exact) mass is 416 g/mol. The molecule has 3 rings (SSSR count). The number of ether oxygens (including phenoxy) is 1. The second-order valence-corrected chi connectivity index (χ2v) is 5.97. The van der Waals surface area contributed by atoms with Crippen LogP contribution in [-0.2, 0) is 5.88 Å². The average molecular weight is 417 g/mol. The van der Waals surface area contributed by atoms with Crippen molar-refractivity contribution >= 4 is 45.2 Å². The molecule has 3 aromatic rings. The predicted octanol–water partition coefficient (Wildman–Crippen LogP) is 4.52. The third-order valence-electron chi connectivity index (χ3n) is 3.18. The number of fused-ring (bicyclic) bond motifs is 1. The average Bonchev–Trinajstić information content (AvgIpc) is 2.83. The summed E-state index contributed by atoms with van der Waals surface area (Å²) in [6.45, 7) is 0. The summed E-state index contributed by atoms with van der Waals surface area (Å²) in [6.07, 6.45) is 0. The molecular weight excluding hydrogens is 406 g/mol. The van der Waals surface area contributed by atoms with E-state index >= 15 is 0 Å². The lowest BCUT2D eigenvalue weighted by molar-refractivity contribution is 0.387. The van der Waals surface area contributed by atoms with Crippen LogP contribution < -0.4 is 4.74 Å². The Morgan fingerprint density at radius 2 is 2.14 bits per heavy atom. The number of methoxy groups -OCH3 is 1. The number of benzene rings is 2.